The quantitative estimate of drug-likeness (QED) is 0.372. The van der Waals surface area contributed by atoms with Crippen molar-refractivity contribution in [1.82, 2.24) is 9.88 Å². The van der Waals surface area contributed by atoms with Crippen LogP contribution in [-0.2, 0) is 0 Å². The maximum atomic E-state index is 12.5. The Morgan fingerprint density at radius 2 is 2.11 bits per heavy atom. The van der Waals surface area contributed by atoms with E-state index in [0.717, 1.165) is 34.5 Å². The summed E-state index contributed by atoms with van der Waals surface area (Å²) in [6.07, 6.45) is 6.01. The van der Waals surface area contributed by atoms with E-state index < -0.39 is 0 Å². The lowest BCUT2D eigenvalue weighted by Gasteiger charge is -2.15. The Morgan fingerprint density at radius 3 is 2.59 bits per heavy atom. The van der Waals surface area contributed by atoms with Crippen molar-refractivity contribution in [3.63, 3.8) is 0 Å². The minimum Gasteiger partial charge on any atom is -0.392 e. The lowest BCUT2D eigenvalue weighted by Crippen LogP contribution is -2.26. The summed E-state index contributed by atoms with van der Waals surface area (Å²) in [5, 5.41) is 19.4. The van der Waals surface area contributed by atoms with Crippen LogP contribution in [0.2, 0.25) is 0 Å². The third kappa shape index (κ3) is 6.96. The maximum Gasteiger partial charge on any atom is 0.273 e. The molecule has 2 aromatic rings. The van der Waals surface area contributed by atoms with Crippen LogP contribution in [0.1, 0.15) is 44.3 Å². The van der Waals surface area contributed by atoms with E-state index >= 15 is 0 Å². The molecule has 2 rings (SSSR count). The van der Waals surface area contributed by atoms with E-state index in [-0.39, 0.29) is 12.5 Å². The Bertz CT molecular complexity index is 768. The first-order chi connectivity index (χ1) is 13.0. The number of nitrogens with one attached hydrogen (secondary N) is 2. The van der Waals surface area contributed by atoms with Crippen molar-refractivity contribution in [2.75, 3.05) is 18.5 Å². The molecule has 0 atom stereocenters. The third-order valence-electron chi connectivity index (χ3n) is 3.29. The predicted octanol–water partition coefficient (Wildman–Crippen LogP) is 4.89. The molecule has 0 saturated carbocycles. The SMILES string of the molecule is C/C=C(\C)N(C=N)C(=O)c1cc2c(NCC)ccnc2s1.C=CCO.CC. The fourth-order valence-electron chi connectivity index (χ4n) is 1.97. The zero-order valence-electron chi connectivity index (χ0n) is 16.7. The molecule has 6 nitrogen and oxygen atoms in total. The number of aromatic nitrogens is 1. The molecule has 0 aliphatic rings. The summed E-state index contributed by atoms with van der Waals surface area (Å²) in [4.78, 5) is 19.6. The van der Waals surface area contributed by atoms with E-state index in [1.54, 1.807) is 19.2 Å². The average Bonchev–Trinajstić information content (AvgIpc) is 3.15. The fourth-order valence-corrected chi connectivity index (χ4v) is 2.93. The van der Waals surface area contributed by atoms with Gasteiger partial charge in [-0.1, -0.05) is 26.0 Å². The first-order valence-corrected chi connectivity index (χ1v) is 9.66. The van der Waals surface area contributed by atoms with Gasteiger partial charge < -0.3 is 10.4 Å². The van der Waals surface area contributed by atoms with Crippen molar-refractivity contribution in [1.29, 1.82) is 5.41 Å². The fraction of sp³-hybridized carbons (Fsp3) is 0.350. The number of hydrogen-bond donors (Lipinski definition) is 3. The lowest BCUT2D eigenvalue weighted by molar-refractivity contribution is 0.0885. The van der Waals surface area contributed by atoms with Crippen LogP contribution in [0.3, 0.4) is 0 Å². The highest BCUT2D eigenvalue weighted by molar-refractivity contribution is 7.20. The van der Waals surface area contributed by atoms with E-state index in [9.17, 15) is 4.79 Å². The molecule has 0 aliphatic heterocycles. The highest BCUT2D eigenvalue weighted by Crippen LogP contribution is 2.30. The normalized spacial score (nSPS) is 10.1. The second kappa shape index (κ2) is 13.7. The van der Waals surface area contributed by atoms with Crippen LogP contribution in [0, 0.1) is 5.41 Å². The number of pyridine rings is 1. The summed E-state index contributed by atoms with van der Waals surface area (Å²) in [6.45, 7) is 13.8. The highest BCUT2D eigenvalue weighted by atomic mass is 32.1. The molecular formula is C20H30N4O2S. The van der Waals surface area contributed by atoms with Crippen LogP contribution in [0.25, 0.3) is 10.2 Å². The van der Waals surface area contributed by atoms with Crippen molar-refractivity contribution in [2.24, 2.45) is 0 Å². The number of rotatable bonds is 6. The molecule has 0 bridgehead atoms. The summed E-state index contributed by atoms with van der Waals surface area (Å²) in [7, 11) is 0. The topological polar surface area (TPSA) is 89.3 Å². The zero-order valence-corrected chi connectivity index (χ0v) is 17.6. The van der Waals surface area contributed by atoms with Crippen LogP contribution in [0.5, 0.6) is 0 Å². The molecule has 3 N–H and O–H groups in total. The Morgan fingerprint density at radius 1 is 1.48 bits per heavy atom. The van der Waals surface area contributed by atoms with Gasteiger partial charge in [-0.15, -0.1) is 17.9 Å². The Kier molecular flexibility index (Phi) is 12.4. The number of carbonyl (C=O) groups excluding carboxylic acids is 1. The molecular weight excluding hydrogens is 360 g/mol. The zero-order chi connectivity index (χ0) is 20.8. The smallest absolute Gasteiger partial charge is 0.273 e. The van der Waals surface area contributed by atoms with Gasteiger partial charge in [-0.2, -0.15) is 0 Å². The van der Waals surface area contributed by atoms with Gasteiger partial charge in [0.2, 0.25) is 0 Å². The molecule has 0 unspecified atom stereocenters. The Labute approximate surface area is 165 Å². The van der Waals surface area contributed by atoms with Gasteiger partial charge in [0.15, 0.2) is 0 Å². The molecule has 1 amide bonds. The molecule has 2 aromatic heterocycles. The van der Waals surface area contributed by atoms with Gasteiger partial charge in [0.1, 0.15) is 4.83 Å². The number of anilines is 1. The standard InChI is InChI=1S/C15H18N4OS.C3H6O.C2H6/c1-4-10(3)19(9-16)15(20)13-8-11-12(17-5-2)6-7-18-14(11)21-13;1-2-3-4;1-2/h4,6-9,16H,5H2,1-3H3,(H,17,18);2,4H,1,3H2;1-2H3/b10-4+,16-9?;;. The molecule has 2 heterocycles. The number of carbonyl (C=O) groups is 1. The molecule has 0 saturated heterocycles. The molecule has 0 aromatic carbocycles. The van der Waals surface area contributed by atoms with E-state index in [2.05, 4.69) is 16.9 Å². The summed E-state index contributed by atoms with van der Waals surface area (Å²) in [5.74, 6) is -0.203. The van der Waals surface area contributed by atoms with Crippen molar-refractivity contribution in [3.05, 3.63) is 47.6 Å². The number of nitrogens with zero attached hydrogens (tertiary/aromatic N) is 2. The van der Waals surface area contributed by atoms with Crippen LogP contribution in [-0.4, -0.2) is 40.4 Å². The molecule has 0 radical (unpaired) electrons. The van der Waals surface area contributed by atoms with Crippen molar-refractivity contribution >= 4 is 39.5 Å². The summed E-state index contributed by atoms with van der Waals surface area (Å²) in [6, 6.07) is 3.74. The summed E-state index contributed by atoms with van der Waals surface area (Å²) < 4.78 is 0. The minimum absolute atomic E-state index is 0.0833. The number of allylic oxidation sites excluding steroid dienone is 2. The molecule has 27 heavy (non-hydrogen) atoms. The Hall–Kier alpha value is -2.51. The van der Waals surface area contributed by atoms with Crippen molar-refractivity contribution in [3.8, 4) is 0 Å². The molecule has 7 heteroatoms. The number of fused-ring (bicyclic) bond motifs is 1. The van der Waals surface area contributed by atoms with Crippen LogP contribution in [0.4, 0.5) is 5.69 Å². The molecule has 0 aliphatic carbocycles. The minimum atomic E-state index is -0.203. The number of aliphatic hydroxyl groups excluding tert-OH is 1. The average molecular weight is 391 g/mol. The second-order valence-electron chi connectivity index (χ2n) is 4.92. The van der Waals surface area contributed by atoms with Gasteiger partial charge in [0.05, 0.1) is 17.8 Å². The first-order valence-electron chi connectivity index (χ1n) is 8.85. The van der Waals surface area contributed by atoms with Crippen LogP contribution in [0.15, 0.2) is 42.8 Å². The van der Waals surface area contributed by atoms with Crippen LogP contribution < -0.4 is 5.32 Å². The van der Waals surface area contributed by atoms with Gasteiger partial charge in [-0.05, 0) is 32.9 Å². The number of thiophene rings is 1. The third-order valence-corrected chi connectivity index (χ3v) is 4.32. The van der Waals surface area contributed by atoms with Gasteiger partial charge in [0, 0.05) is 29.5 Å². The van der Waals surface area contributed by atoms with Gasteiger partial charge in [0.25, 0.3) is 5.91 Å². The lowest BCUT2D eigenvalue weighted by atomic mass is 10.2. The van der Waals surface area contributed by atoms with E-state index in [0.29, 0.717) is 4.88 Å². The monoisotopic (exact) mass is 390 g/mol. The predicted molar refractivity (Wildman–Crippen MR) is 117 cm³/mol. The van der Waals surface area contributed by atoms with Gasteiger partial charge in [-0.25, -0.2) is 4.98 Å². The van der Waals surface area contributed by atoms with Gasteiger partial charge >= 0.3 is 0 Å². The van der Waals surface area contributed by atoms with E-state index in [4.69, 9.17) is 10.5 Å². The molecule has 0 fully saturated rings. The van der Waals surface area contributed by atoms with E-state index in [1.165, 1.54) is 22.3 Å². The number of amides is 1. The second-order valence-corrected chi connectivity index (χ2v) is 5.95. The number of hydrogen-bond acceptors (Lipinski definition) is 6. The molecule has 148 valence electrons. The van der Waals surface area contributed by atoms with Crippen molar-refractivity contribution < 1.29 is 9.90 Å². The van der Waals surface area contributed by atoms with E-state index in [1.807, 2.05) is 39.8 Å². The van der Waals surface area contributed by atoms with Crippen molar-refractivity contribution in [2.45, 2.75) is 34.6 Å². The summed E-state index contributed by atoms with van der Waals surface area (Å²) >= 11 is 1.34. The van der Waals surface area contributed by atoms with Crippen LogP contribution >= 0.6 is 11.3 Å². The van der Waals surface area contributed by atoms with Gasteiger partial charge in [-0.3, -0.25) is 15.1 Å². The Balaban J connectivity index is 0.000000998. The molecule has 0 spiro atoms. The highest BCUT2D eigenvalue weighted by Gasteiger charge is 2.19. The largest absolute Gasteiger partial charge is 0.392 e. The first kappa shape index (κ1) is 24.5. The maximum absolute atomic E-state index is 12.5. The number of aliphatic hydroxyl groups is 1. The summed E-state index contributed by atoms with van der Waals surface area (Å²) in [5.41, 5.74) is 1.70.